The molecule has 0 unspecified atom stereocenters. The highest BCUT2D eigenvalue weighted by Gasteiger charge is 2.39. The monoisotopic (exact) mass is 349 g/mol. The number of nitrogens with zero attached hydrogens (tertiary/aromatic N) is 3. The first-order chi connectivity index (χ1) is 12.7. The second-order valence-electron chi connectivity index (χ2n) is 6.45. The molecule has 0 saturated carbocycles. The fraction of sp³-hybridized carbons (Fsp3) is 0.250. The van der Waals surface area contributed by atoms with Crippen LogP contribution in [0, 0.1) is 0 Å². The number of likely N-dealkylation sites (tertiary alicyclic amines) is 1. The number of carbonyl (C=O) groups excluding carboxylic acids is 1. The van der Waals surface area contributed by atoms with Gasteiger partial charge in [0.1, 0.15) is 11.9 Å². The number of rotatable bonds is 4. The molecule has 3 aromatic rings. The Hall–Kier alpha value is -2.99. The van der Waals surface area contributed by atoms with Gasteiger partial charge in [0.05, 0.1) is 17.4 Å². The highest BCUT2D eigenvalue weighted by atomic mass is 16.5. The molecule has 2 aromatic carbocycles. The van der Waals surface area contributed by atoms with Crippen molar-refractivity contribution in [2.24, 2.45) is 0 Å². The molecule has 0 radical (unpaired) electrons. The van der Waals surface area contributed by atoms with Gasteiger partial charge >= 0.3 is 0 Å². The molecular formula is C20H19N3O3. The van der Waals surface area contributed by atoms with Crippen LogP contribution in [-0.4, -0.2) is 45.6 Å². The third kappa shape index (κ3) is 3.11. The van der Waals surface area contributed by atoms with Gasteiger partial charge in [-0.1, -0.05) is 42.5 Å². The summed E-state index contributed by atoms with van der Waals surface area (Å²) in [6.07, 6.45) is 1.94. The van der Waals surface area contributed by atoms with Crippen LogP contribution in [-0.2, 0) is 10.4 Å². The maximum absolute atomic E-state index is 12.5. The topological polar surface area (TPSA) is 75.5 Å². The second kappa shape index (κ2) is 6.72. The highest BCUT2D eigenvalue weighted by molar-refractivity contribution is 5.84. The summed E-state index contributed by atoms with van der Waals surface area (Å²) >= 11 is 0. The standard InChI is InChI=1S/C20H19N3O3/c24-18(12-26-19-16-8-4-5-9-17(16)21-14-22-19)23-11-10-20(25,13-23)15-6-2-1-3-7-15/h1-9,14,25H,10-13H2/t20-/m1/s1. The lowest BCUT2D eigenvalue weighted by Gasteiger charge is -2.24. The lowest BCUT2D eigenvalue weighted by molar-refractivity contribution is -0.133. The minimum atomic E-state index is -1.00. The number of amides is 1. The first-order valence-electron chi connectivity index (χ1n) is 8.54. The molecular weight excluding hydrogens is 330 g/mol. The van der Waals surface area contributed by atoms with Gasteiger partial charge in [-0.25, -0.2) is 9.97 Å². The summed E-state index contributed by atoms with van der Waals surface area (Å²) in [6.45, 7) is 0.647. The van der Waals surface area contributed by atoms with Crippen molar-refractivity contribution in [3.8, 4) is 5.88 Å². The maximum Gasteiger partial charge on any atom is 0.260 e. The second-order valence-corrected chi connectivity index (χ2v) is 6.45. The zero-order chi connectivity index (χ0) is 18.0. The van der Waals surface area contributed by atoms with Gasteiger partial charge < -0.3 is 14.7 Å². The van der Waals surface area contributed by atoms with Crippen LogP contribution in [0.2, 0.25) is 0 Å². The molecule has 1 atom stereocenters. The summed E-state index contributed by atoms with van der Waals surface area (Å²) in [7, 11) is 0. The molecule has 1 amide bonds. The van der Waals surface area contributed by atoms with Gasteiger partial charge in [0, 0.05) is 6.54 Å². The molecule has 1 aliphatic rings. The van der Waals surface area contributed by atoms with Crippen LogP contribution >= 0.6 is 0 Å². The molecule has 1 aliphatic heterocycles. The van der Waals surface area contributed by atoms with Crippen molar-refractivity contribution in [3.05, 3.63) is 66.5 Å². The first kappa shape index (κ1) is 16.5. The Bertz CT molecular complexity index is 926. The number of β-amino-alcohol motifs (C(OH)–C–C–N with tert-alkyl or cyclic N) is 1. The van der Waals surface area contributed by atoms with Gasteiger partial charge in [-0.3, -0.25) is 4.79 Å². The van der Waals surface area contributed by atoms with Crippen molar-refractivity contribution in [1.82, 2.24) is 14.9 Å². The predicted octanol–water partition coefficient (Wildman–Crippen LogP) is 2.13. The van der Waals surface area contributed by atoms with Crippen LogP contribution in [0.5, 0.6) is 5.88 Å². The quantitative estimate of drug-likeness (QED) is 0.781. The third-order valence-corrected chi connectivity index (χ3v) is 4.75. The minimum absolute atomic E-state index is 0.119. The number of hydrogen-bond acceptors (Lipinski definition) is 5. The van der Waals surface area contributed by atoms with E-state index in [0.717, 1.165) is 16.5 Å². The Kier molecular flexibility index (Phi) is 4.26. The van der Waals surface area contributed by atoms with E-state index in [1.807, 2.05) is 54.6 Å². The number of carbonyl (C=O) groups is 1. The SMILES string of the molecule is O=C(COc1ncnc2ccccc12)N1CC[C@](O)(c2ccccc2)C1. The van der Waals surface area contributed by atoms with Gasteiger partial charge in [-0.15, -0.1) is 0 Å². The Labute approximate surface area is 151 Å². The number of ether oxygens (including phenoxy) is 1. The summed E-state index contributed by atoms with van der Waals surface area (Å²) in [5.74, 6) is 0.223. The summed E-state index contributed by atoms with van der Waals surface area (Å²) < 4.78 is 5.64. The minimum Gasteiger partial charge on any atom is -0.467 e. The first-order valence-corrected chi connectivity index (χ1v) is 8.54. The van der Waals surface area contributed by atoms with Gasteiger partial charge in [-0.2, -0.15) is 0 Å². The lowest BCUT2D eigenvalue weighted by atomic mass is 9.93. The molecule has 0 bridgehead atoms. The summed E-state index contributed by atoms with van der Waals surface area (Å²) in [4.78, 5) is 22.5. The fourth-order valence-electron chi connectivity index (χ4n) is 3.31. The largest absolute Gasteiger partial charge is 0.467 e. The molecule has 2 heterocycles. The smallest absolute Gasteiger partial charge is 0.260 e. The van der Waals surface area contributed by atoms with E-state index in [4.69, 9.17) is 4.74 Å². The number of aliphatic hydroxyl groups is 1. The molecule has 0 aliphatic carbocycles. The molecule has 4 rings (SSSR count). The molecule has 6 nitrogen and oxygen atoms in total. The van der Waals surface area contributed by atoms with E-state index in [-0.39, 0.29) is 19.1 Å². The van der Waals surface area contributed by atoms with E-state index >= 15 is 0 Å². The van der Waals surface area contributed by atoms with E-state index in [0.29, 0.717) is 18.8 Å². The Morgan fingerprint density at radius 3 is 2.73 bits per heavy atom. The number of aromatic nitrogens is 2. The van der Waals surface area contributed by atoms with E-state index in [1.165, 1.54) is 6.33 Å². The van der Waals surface area contributed by atoms with E-state index in [1.54, 1.807) is 4.90 Å². The zero-order valence-electron chi connectivity index (χ0n) is 14.2. The lowest BCUT2D eigenvalue weighted by Crippen LogP contribution is -2.37. The number of hydrogen-bond donors (Lipinski definition) is 1. The van der Waals surface area contributed by atoms with Crippen molar-refractivity contribution >= 4 is 16.8 Å². The van der Waals surface area contributed by atoms with Gasteiger partial charge in [0.15, 0.2) is 6.61 Å². The van der Waals surface area contributed by atoms with Crippen LogP contribution in [0.25, 0.3) is 10.9 Å². The third-order valence-electron chi connectivity index (χ3n) is 4.75. The van der Waals surface area contributed by atoms with Crippen LogP contribution in [0.4, 0.5) is 0 Å². The average Bonchev–Trinajstić information content (AvgIpc) is 3.10. The summed E-state index contributed by atoms with van der Waals surface area (Å²) in [6, 6.07) is 17.0. The van der Waals surface area contributed by atoms with E-state index < -0.39 is 5.60 Å². The van der Waals surface area contributed by atoms with Crippen LogP contribution in [0.1, 0.15) is 12.0 Å². The molecule has 1 saturated heterocycles. The van der Waals surface area contributed by atoms with Crippen LogP contribution in [0.3, 0.4) is 0 Å². The molecule has 1 fully saturated rings. The number of fused-ring (bicyclic) bond motifs is 1. The summed E-state index contributed by atoms with van der Waals surface area (Å²) in [5.41, 5.74) is 0.598. The average molecular weight is 349 g/mol. The van der Waals surface area contributed by atoms with Gasteiger partial charge in [-0.05, 0) is 24.1 Å². The predicted molar refractivity (Wildman–Crippen MR) is 96.6 cm³/mol. The summed E-state index contributed by atoms with van der Waals surface area (Å²) in [5, 5.41) is 11.6. The molecule has 1 N–H and O–H groups in total. The van der Waals surface area contributed by atoms with Crippen molar-refractivity contribution in [1.29, 1.82) is 0 Å². The van der Waals surface area contributed by atoms with Crippen LogP contribution in [0.15, 0.2) is 60.9 Å². The number of benzene rings is 2. The molecule has 0 spiro atoms. The van der Waals surface area contributed by atoms with E-state index in [9.17, 15) is 9.90 Å². The fourth-order valence-corrected chi connectivity index (χ4v) is 3.31. The Morgan fingerprint density at radius 1 is 1.12 bits per heavy atom. The van der Waals surface area contributed by atoms with Gasteiger partial charge in [0.25, 0.3) is 5.91 Å². The molecule has 132 valence electrons. The van der Waals surface area contributed by atoms with Gasteiger partial charge in [0.2, 0.25) is 5.88 Å². The maximum atomic E-state index is 12.5. The zero-order valence-corrected chi connectivity index (χ0v) is 14.2. The van der Waals surface area contributed by atoms with Crippen molar-refractivity contribution in [2.45, 2.75) is 12.0 Å². The normalized spacial score (nSPS) is 19.7. The van der Waals surface area contributed by atoms with Crippen LogP contribution < -0.4 is 4.74 Å². The van der Waals surface area contributed by atoms with Crippen molar-refractivity contribution < 1.29 is 14.6 Å². The highest BCUT2D eigenvalue weighted by Crippen LogP contribution is 2.31. The Balaban J connectivity index is 1.43. The molecule has 6 heteroatoms. The molecule has 26 heavy (non-hydrogen) atoms. The molecule has 1 aromatic heterocycles. The van der Waals surface area contributed by atoms with Crippen molar-refractivity contribution in [2.75, 3.05) is 19.7 Å². The number of para-hydroxylation sites is 1. The Morgan fingerprint density at radius 2 is 1.88 bits per heavy atom. The van der Waals surface area contributed by atoms with E-state index in [2.05, 4.69) is 9.97 Å². The van der Waals surface area contributed by atoms with Crippen molar-refractivity contribution in [3.63, 3.8) is 0 Å².